The van der Waals surface area contributed by atoms with E-state index in [0.717, 1.165) is 18.4 Å². The molecule has 2 aliphatic carbocycles. The highest BCUT2D eigenvalue weighted by Gasteiger charge is 2.38. The second-order valence-corrected chi connectivity index (χ2v) is 8.05. The number of nitrogens with one attached hydrogen (secondary N) is 1. The van der Waals surface area contributed by atoms with Gasteiger partial charge in [-0.25, -0.2) is 0 Å². The molecule has 0 bridgehead atoms. The van der Waals surface area contributed by atoms with Gasteiger partial charge in [-0.05, 0) is 56.5 Å². The summed E-state index contributed by atoms with van der Waals surface area (Å²) in [5, 5.41) is 3.80. The summed E-state index contributed by atoms with van der Waals surface area (Å²) >= 11 is 0. The fourth-order valence-corrected chi connectivity index (χ4v) is 4.75. The molecule has 0 amide bonds. The van der Waals surface area contributed by atoms with E-state index in [1.54, 1.807) is 0 Å². The first-order valence-electron chi connectivity index (χ1n) is 8.95. The molecule has 0 aromatic carbocycles. The zero-order chi connectivity index (χ0) is 14.6. The lowest BCUT2D eigenvalue weighted by Crippen LogP contribution is -2.52. The van der Waals surface area contributed by atoms with E-state index in [4.69, 9.17) is 0 Å². The van der Waals surface area contributed by atoms with E-state index in [1.165, 1.54) is 58.0 Å². The Morgan fingerprint density at radius 2 is 1.75 bits per heavy atom. The third-order valence-electron chi connectivity index (χ3n) is 5.72. The van der Waals surface area contributed by atoms with Gasteiger partial charge in [0.05, 0.1) is 0 Å². The van der Waals surface area contributed by atoms with Crippen molar-refractivity contribution in [1.82, 2.24) is 10.2 Å². The van der Waals surface area contributed by atoms with Crippen LogP contribution >= 0.6 is 0 Å². The Kier molecular flexibility index (Phi) is 5.92. The van der Waals surface area contributed by atoms with E-state index in [1.807, 2.05) is 0 Å². The van der Waals surface area contributed by atoms with Gasteiger partial charge < -0.3 is 10.2 Å². The highest BCUT2D eigenvalue weighted by molar-refractivity contribution is 4.94. The quantitative estimate of drug-likeness (QED) is 0.793. The van der Waals surface area contributed by atoms with E-state index in [0.29, 0.717) is 11.5 Å². The topological polar surface area (TPSA) is 15.3 Å². The molecule has 118 valence electrons. The first-order valence-corrected chi connectivity index (χ1v) is 8.95. The van der Waals surface area contributed by atoms with Gasteiger partial charge in [-0.3, -0.25) is 0 Å². The summed E-state index contributed by atoms with van der Waals surface area (Å²) in [5.41, 5.74) is 0.465. The summed E-state index contributed by atoms with van der Waals surface area (Å²) in [6.07, 6.45) is 10.1. The first kappa shape index (κ1) is 16.3. The molecule has 1 N–H and O–H groups in total. The van der Waals surface area contributed by atoms with Crippen molar-refractivity contribution in [3.63, 3.8) is 0 Å². The van der Waals surface area contributed by atoms with Gasteiger partial charge in [0.1, 0.15) is 0 Å². The van der Waals surface area contributed by atoms with Crippen LogP contribution in [0, 0.1) is 17.3 Å². The van der Waals surface area contributed by atoms with Crippen molar-refractivity contribution < 1.29 is 0 Å². The second-order valence-electron chi connectivity index (χ2n) is 8.05. The predicted molar refractivity (Wildman–Crippen MR) is 88.0 cm³/mol. The average Bonchev–Trinajstić information content (AvgIpc) is 2.86. The molecule has 0 radical (unpaired) electrons. The molecule has 0 aromatic rings. The van der Waals surface area contributed by atoms with Crippen LogP contribution in [-0.2, 0) is 0 Å². The molecule has 0 heterocycles. The molecule has 2 saturated carbocycles. The summed E-state index contributed by atoms with van der Waals surface area (Å²) in [4.78, 5) is 2.63. The minimum absolute atomic E-state index is 0.465. The third kappa shape index (κ3) is 4.21. The molecule has 0 spiro atoms. The standard InChI is InChI=1S/C18H36N2/c1-5-19-17-16(11-8-12-18(17,2)3)14-20(4)13-15-9-6-7-10-15/h15-17,19H,5-14H2,1-4H3. The first-order chi connectivity index (χ1) is 9.53. The van der Waals surface area contributed by atoms with Crippen molar-refractivity contribution in [1.29, 1.82) is 0 Å². The van der Waals surface area contributed by atoms with Gasteiger partial charge >= 0.3 is 0 Å². The molecule has 2 unspecified atom stereocenters. The summed E-state index contributed by atoms with van der Waals surface area (Å²) in [6, 6.07) is 0.701. The molecule has 20 heavy (non-hydrogen) atoms. The highest BCUT2D eigenvalue weighted by atomic mass is 15.1. The Morgan fingerprint density at radius 3 is 2.40 bits per heavy atom. The zero-order valence-corrected chi connectivity index (χ0v) is 14.3. The lowest BCUT2D eigenvalue weighted by Gasteiger charge is -2.46. The number of hydrogen-bond donors (Lipinski definition) is 1. The maximum Gasteiger partial charge on any atom is 0.0159 e. The average molecular weight is 280 g/mol. The monoisotopic (exact) mass is 280 g/mol. The van der Waals surface area contributed by atoms with Gasteiger partial charge in [-0.1, -0.05) is 40.0 Å². The van der Waals surface area contributed by atoms with Crippen LogP contribution in [0.2, 0.25) is 0 Å². The van der Waals surface area contributed by atoms with E-state index >= 15 is 0 Å². The SMILES string of the molecule is CCNC1C(CN(C)CC2CCCC2)CCCC1(C)C. The Balaban J connectivity index is 1.87. The van der Waals surface area contributed by atoms with Gasteiger partial charge in [0.25, 0.3) is 0 Å². The smallest absolute Gasteiger partial charge is 0.0159 e. The zero-order valence-electron chi connectivity index (χ0n) is 14.3. The van der Waals surface area contributed by atoms with Crippen molar-refractivity contribution >= 4 is 0 Å². The maximum atomic E-state index is 3.80. The summed E-state index contributed by atoms with van der Waals surface area (Å²) in [5.74, 6) is 1.82. The van der Waals surface area contributed by atoms with Gasteiger partial charge in [0.2, 0.25) is 0 Å². The number of rotatable bonds is 6. The number of nitrogens with zero attached hydrogens (tertiary/aromatic N) is 1. The Labute approximate surface area is 126 Å². The molecule has 2 nitrogen and oxygen atoms in total. The van der Waals surface area contributed by atoms with Crippen molar-refractivity contribution in [2.75, 3.05) is 26.7 Å². The van der Waals surface area contributed by atoms with Crippen LogP contribution in [0.3, 0.4) is 0 Å². The van der Waals surface area contributed by atoms with Crippen LogP contribution in [0.4, 0.5) is 0 Å². The largest absolute Gasteiger partial charge is 0.313 e. The molecule has 2 heteroatoms. The van der Waals surface area contributed by atoms with Crippen LogP contribution < -0.4 is 5.32 Å². The summed E-state index contributed by atoms with van der Waals surface area (Å²) in [7, 11) is 2.35. The molecule has 0 saturated heterocycles. The highest BCUT2D eigenvalue weighted by Crippen LogP contribution is 2.39. The van der Waals surface area contributed by atoms with E-state index < -0.39 is 0 Å². The van der Waals surface area contributed by atoms with Crippen molar-refractivity contribution in [3.8, 4) is 0 Å². The third-order valence-corrected chi connectivity index (χ3v) is 5.72. The van der Waals surface area contributed by atoms with Gasteiger partial charge in [0.15, 0.2) is 0 Å². The Hall–Kier alpha value is -0.0800. The fraction of sp³-hybridized carbons (Fsp3) is 1.00. The number of hydrogen-bond acceptors (Lipinski definition) is 2. The molecule has 2 atom stereocenters. The molecule has 2 rings (SSSR count). The summed E-state index contributed by atoms with van der Waals surface area (Å²) in [6.45, 7) is 10.9. The van der Waals surface area contributed by atoms with Crippen molar-refractivity contribution in [2.45, 2.75) is 71.8 Å². The van der Waals surface area contributed by atoms with E-state index in [2.05, 4.69) is 38.0 Å². The summed E-state index contributed by atoms with van der Waals surface area (Å²) < 4.78 is 0. The maximum absolute atomic E-state index is 3.80. The molecule has 0 aromatic heterocycles. The van der Waals surface area contributed by atoms with Crippen LogP contribution in [0.15, 0.2) is 0 Å². The minimum atomic E-state index is 0.465. The van der Waals surface area contributed by atoms with Crippen LogP contribution in [-0.4, -0.2) is 37.6 Å². The lowest BCUT2D eigenvalue weighted by atomic mass is 9.67. The fourth-order valence-electron chi connectivity index (χ4n) is 4.75. The van der Waals surface area contributed by atoms with Crippen LogP contribution in [0.25, 0.3) is 0 Å². The van der Waals surface area contributed by atoms with E-state index in [-0.39, 0.29) is 0 Å². The van der Waals surface area contributed by atoms with Crippen molar-refractivity contribution in [3.05, 3.63) is 0 Å². The Morgan fingerprint density at radius 1 is 1.05 bits per heavy atom. The van der Waals surface area contributed by atoms with Gasteiger partial charge in [0, 0.05) is 19.1 Å². The molecular weight excluding hydrogens is 244 g/mol. The predicted octanol–water partition coefficient (Wildman–Crippen LogP) is 3.91. The molecular formula is C18H36N2. The van der Waals surface area contributed by atoms with Crippen LogP contribution in [0.5, 0.6) is 0 Å². The lowest BCUT2D eigenvalue weighted by molar-refractivity contribution is 0.0827. The van der Waals surface area contributed by atoms with E-state index in [9.17, 15) is 0 Å². The molecule has 2 fully saturated rings. The van der Waals surface area contributed by atoms with Crippen LogP contribution in [0.1, 0.15) is 65.7 Å². The Bertz CT molecular complexity index is 281. The van der Waals surface area contributed by atoms with Gasteiger partial charge in [-0.15, -0.1) is 0 Å². The molecule has 2 aliphatic rings. The minimum Gasteiger partial charge on any atom is -0.313 e. The second kappa shape index (κ2) is 7.26. The molecule has 0 aliphatic heterocycles. The normalized spacial score (nSPS) is 31.1. The van der Waals surface area contributed by atoms with Crippen molar-refractivity contribution in [2.24, 2.45) is 17.3 Å². The van der Waals surface area contributed by atoms with Gasteiger partial charge in [-0.2, -0.15) is 0 Å².